The number of hydrogen-bond donors (Lipinski definition) is 0. The molecule has 11 heteroatoms. The fraction of sp³-hybridized carbons (Fsp3) is 0.647. The molecule has 11 nitrogen and oxygen atoms in total. The van der Waals surface area contributed by atoms with Gasteiger partial charge in [-0.05, 0) is 0 Å². The number of hydrogen-bond acceptors (Lipinski definition) is 10. The Morgan fingerprint density at radius 1 is 0.679 bits per heavy atom. The zero-order chi connectivity index (χ0) is 21.9. The van der Waals surface area contributed by atoms with Crippen molar-refractivity contribution in [2.24, 2.45) is 0 Å². The smallest absolute Gasteiger partial charge is 0.303 e. The summed E-state index contributed by atoms with van der Waals surface area (Å²) in [6.45, 7) is 11.4. The van der Waals surface area contributed by atoms with Gasteiger partial charge in [-0.3, -0.25) is 24.0 Å². The Bertz CT molecular complexity index is 638. The molecule has 0 spiro atoms. The fourth-order valence-electron chi connectivity index (χ4n) is 2.21. The van der Waals surface area contributed by atoms with E-state index in [0.717, 1.165) is 34.6 Å². The van der Waals surface area contributed by atoms with Gasteiger partial charge >= 0.3 is 29.8 Å². The molecule has 0 aromatic carbocycles. The van der Waals surface area contributed by atoms with Crippen LogP contribution in [0.1, 0.15) is 34.6 Å². The summed E-state index contributed by atoms with van der Waals surface area (Å²) in [5.41, 5.74) is 0. The largest absolute Gasteiger partial charge is 0.462 e. The Labute approximate surface area is 162 Å². The van der Waals surface area contributed by atoms with Crippen LogP contribution in [-0.4, -0.2) is 67.4 Å². The first-order chi connectivity index (χ1) is 13.0. The fourth-order valence-corrected chi connectivity index (χ4v) is 2.21. The summed E-state index contributed by atoms with van der Waals surface area (Å²) < 4.78 is 25.2. The van der Waals surface area contributed by atoms with Gasteiger partial charge in [0.05, 0.1) is 0 Å². The van der Waals surface area contributed by atoms with Crippen molar-refractivity contribution >= 4 is 29.8 Å². The standard InChI is InChI=1S/C17H23NO10/c1-9(19)24-8-15(26-11(3)21)17(28-13(5)23)16(27-12(4)22)14(7-18-6)25-10(2)20/h14-17H,7-8H2,1-5H3/t14-,15+,16+,17-/m0/s1. The van der Waals surface area contributed by atoms with Crippen LogP contribution in [0.5, 0.6) is 0 Å². The molecule has 0 N–H and O–H groups in total. The third kappa shape index (κ3) is 10.1. The van der Waals surface area contributed by atoms with Crippen LogP contribution in [0.15, 0.2) is 0 Å². The highest BCUT2D eigenvalue weighted by Gasteiger charge is 2.45. The summed E-state index contributed by atoms with van der Waals surface area (Å²) in [6, 6.07) is 0. The van der Waals surface area contributed by atoms with E-state index in [1.807, 2.05) is 0 Å². The summed E-state index contributed by atoms with van der Waals surface area (Å²) >= 11 is 0. The van der Waals surface area contributed by atoms with Crippen molar-refractivity contribution in [1.82, 2.24) is 0 Å². The number of carbonyl (C=O) groups excluding carboxylic acids is 5. The van der Waals surface area contributed by atoms with Crippen molar-refractivity contribution in [3.8, 4) is 0 Å². The third-order valence-corrected chi connectivity index (χ3v) is 3.02. The van der Waals surface area contributed by atoms with E-state index in [1.54, 1.807) is 0 Å². The minimum atomic E-state index is -1.52. The van der Waals surface area contributed by atoms with Crippen LogP contribution in [0.4, 0.5) is 0 Å². The molecule has 0 rings (SSSR count). The first-order valence-corrected chi connectivity index (χ1v) is 8.13. The van der Waals surface area contributed by atoms with E-state index in [4.69, 9.17) is 30.3 Å². The van der Waals surface area contributed by atoms with Crippen LogP contribution in [0.2, 0.25) is 0 Å². The Hall–Kier alpha value is -3.16. The van der Waals surface area contributed by atoms with Gasteiger partial charge in [-0.2, -0.15) is 0 Å². The molecular weight excluding hydrogens is 378 g/mol. The van der Waals surface area contributed by atoms with E-state index < -0.39 is 67.4 Å². The lowest BCUT2D eigenvalue weighted by Crippen LogP contribution is -2.53. The Morgan fingerprint density at radius 2 is 1.07 bits per heavy atom. The van der Waals surface area contributed by atoms with Gasteiger partial charge < -0.3 is 28.5 Å². The highest BCUT2D eigenvalue weighted by atomic mass is 16.6. The molecule has 156 valence electrons. The van der Waals surface area contributed by atoms with Crippen LogP contribution in [0.25, 0.3) is 4.85 Å². The summed E-state index contributed by atoms with van der Waals surface area (Å²) in [5, 5.41) is 0. The minimum absolute atomic E-state index is 0.435. The molecule has 0 bridgehead atoms. The van der Waals surface area contributed by atoms with Gasteiger partial charge in [-0.1, -0.05) is 0 Å². The maximum absolute atomic E-state index is 11.6. The maximum atomic E-state index is 11.6. The number of rotatable bonds is 10. The van der Waals surface area contributed by atoms with E-state index in [2.05, 4.69) is 4.85 Å². The van der Waals surface area contributed by atoms with E-state index >= 15 is 0 Å². The highest BCUT2D eigenvalue weighted by Crippen LogP contribution is 2.20. The Morgan fingerprint density at radius 3 is 1.43 bits per heavy atom. The number of esters is 5. The van der Waals surface area contributed by atoms with Crippen LogP contribution < -0.4 is 0 Å². The zero-order valence-corrected chi connectivity index (χ0v) is 16.3. The lowest BCUT2D eigenvalue weighted by atomic mass is 10.0. The molecule has 0 saturated carbocycles. The third-order valence-electron chi connectivity index (χ3n) is 3.02. The lowest BCUT2D eigenvalue weighted by molar-refractivity contribution is -0.201. The number of nitrogens with zero attached hydrogens (tertiary/aromatic N) is 1. The molecule has 0 saturated heterocycles. The van der Waals surface area contributed by atoms with E-state index in [1.165, 1.54) is 0 Å². The molecule has 0 heterocycles. The summed E-state index contributed by atoms with van der Waals surface area (Å²) in [5.74, 6) is -3.97. The maximum Gasteiger partial charge on any atom is 0.303 e. The zero-order valence-electron chi connectivity index (χ0n) is 16.3. The first kappa shape index (κ1) is 24.8. The molecule has 0 aliphatic carbocycles. The van der Waals surface area contributed by atoms with Crippen molar-refractivity contribution < 1.29 is 47.7 Å². The average molecular weight is 401 g/mol. The number of ether oxygens (including phenoxy) is 5. The molecule has 28 heavy (non-hydrogen) atoms. The Balaban J connectivity index is 6.10. The topological polar surface area (TPSA) is 136 Å². The second-order valence-corrected chi connectivity index (χ2v) is 5.59. The van der Waals surface area contributed by atoms with Crippen molar-refractivity contribution in [2.75, 3.05) is 13.2 Å². The molecule has 0 unspecified atom stereocenters. The molecule has 0 aromatic rings. The van der Waals surface area contributed by atoms with E-state index in [9.17, 15) is 24.0 Å². The highest BCUT2D eigenvalue weighted by molar-refractivity contribution is 5.69. The van der Waals surface area contributed by atoms with Crippen LogP contribution in [-0.2, 0) is 47.7 Å². The SMILES string of the molecule is [C-]#[N+]C[C@H](OC(C)=O)[C@@H](OC(C)=O)[C@@H](OC(C)=O)[C@@H](COC(C)=O)OC(C)=O. The van der Waals surface area contributed by atoms with Gasteiger partial charge in [0, 0.05) is 34.6 Å². The Kier molecular flexibility index (Phi) is 10.9. The van der Waals surface area contributed by atoms with Gasteiger partial charge in [0.15, 0.2) is 18.3 Å². The summed E-state index contributed by atoms with van der Waals surface area (Å²) in [4.78, 5) is 60.3. The lowest BCUT2D eigenvalue weighted by Gasteiger charge is -2.33. The first-order valence-electron chi connectivity index (χ1n) is 8.13. The summed E-state index contributed by atoms with van der Waals surface area (Å²) in [6.07, 6.45) is -5.74. The average Bonchev–Trinajstić information content (AvgIpc) is 2.53. The molecule has 0 fully saturated rings. The molecule has 4 atom stereocenters. The predicted molar refractivity (Wildman–Crippen MR) is 90.3 cm³/mol. The minimum Gasteiger partial charge on any atom is -0.462 e. The number of carbonyl (C=O) groups is 5. The van der Waals surface area contributed by atoms with Crippen molar-refractivity contribution in [1.29, 1.82) is 0 Å². The molecule has 0 aromatic heterocycles. The summed E-state index contributed by atoms with van der Waals surface area (Å²) in [7, 11) is 0. The molecule has 0 aliphatic rings. The molecule has 0 radical (unpaired) electrons. The van der Waals surface area contributed by atoms with Crippen LogP contribution >= 0.6 is 0 Å². The van der Waals surface area contributed by atoms with E-state index in [0.29, 0.717) is 0 Å². The van der Waals surface area contributed by atoms with E-state index in [-0.39, 0.29) is 0 Å². The van der Waals surface area contributed by atoms with Crippen molar-refractivity contribution in [2.45, 2.75) is 59.0 Å². The monoisotopic (exact) mass is 401 g/mol. The van der Waals surface area contributed by atoms with Gasteiger partial charge in [-0.15, -0.1) is 0 Å². The quantitative estimate of drug-likeness (QED) is 0.283. The van der Waals surface area contributed by atoms with Crippen LogP contribution in [0, 0.1) is 6.57 Å². The van der Waals surface area contributed by atoms with Crippen LogP contribution in [0.3, 0.4) is 0 Å². The molecule has 0 amide bonds. The normalized spacial score (nSPS) is 14.3. The van der Waals surface area contributed by atoms with Gasteiger partial charge in [0.1, 0.15) is 6.61 Å². The van der Waals surface area contributed by atoms with Gasteiger partial charge in [0.2, 0.25) is 6.10 Å². The molecule has 0 aliphatic heterocycles. The second-order valence-electron chi connectivity index (χ2n) is 5.59. The van der Waals surface area contributed by atoms with Crippen molar-refractivity contribution in [3.05, 3.63) is 11.4 Å². The van der Waals surface area contributed by atoms with Gasteiger partial charge in [0.25, 0.3) is 6.54 Å². The van der Waals surface area contributed by atoms with Gasteiger partial charge in [-0.25, -0.2) is 6.57 Å². The molecular formula is C17H23NO10. The second kappa shape index (κ2) is 12.3. The van der Waals surface area contributed by atoms with Crippen molar-refractivity contribution in [3.63, 3.8) is 0 Å². The predicted octanol–water partition coefficient (Wildman–Crippen LogP) is 0.196.